The van der Waals surface area contributed by atoms with E-state index in [4.69, 9.17) is 0 Å². The number of carbonyl (C=O) groups is 2. The van der Waals surface area contributed by atoms with Crippen LogP contribution in [0.3, 0.4) is 0 Å². The highest BCUT2D eigenvalue weighted by atomic mass is 16.2. The van der Waals surface area contributed by atoms with Crippen LogP contribution in [0.4, 0.5) is 5.69 Å². The molecule has 0 bridgehead atoms. The van der Waals surface area contributed by atoms with Crippen LogP contribution in [0.5, 0.6) is 0 Å². The summed E-state index contributed by atoms with van der Waals surface area (Å²) in [5.74, 6) is -0.0807. The largest absolute Gasteiger partial charge is 0.341 e. The van der Waals surface area contributed by atoms with Crippen LogP contribution in [-0.4, -0.2) is 49.4 Å². The molecule has 0 radical (unpaired) electrons. The first kappa shape index (κ1) is 16.0. The monoisotopic (exact) mass is 315 g/mol. The van der Waals surface area contributed by atoms with E-state index in [-0.39, 0.29) is 23.8 Å². The lowest BCUT2D eigenvalue weighted by molar-refractivity contribution is -0.136. The van der Waals surface area contributed by atoms with E-state index in [2.05, 4.69) is 5.32 Å². The Bertz CT molecular complexity index is 623. The van der Waals surface area contributed by atoms with Gasteiger partial charge >= 0.3 is 0 Å². The quantitative estimate of drug-likeness (QED) is 0.919. The standard InChI is InChI=1S/C18H25N3O2/c1-12-5-4-6-16(13(12)2)21-11-14(9-17(21)22)18(23)20(3)15-7-8-19-10-15/h4-6,14-15,19H,7-11H2,1-3H3. The summed E-state index contributed by atoms with van der Waals surface area (Å²) in [5.41, 5.74) is 3.22. The number of nitrogens with zero attached hydrogens (tertiary/aromatic N) is 2. The van der Waals surface area contributed by atoms with Gasteiger partial charge in [0.2, 0.25) is 11.8 Å². The van der Waals surface area contributed by atoms with Crippen molar-refractivity contribution in [1.29, 1.82) is 0 Å². The van der Waals surface area contributed by atoms with Crippen LogP contribution in [0.1, 0.15) is 24.0 Å². The van der Waals surface area contributed by atoms with Gasteiger partial charge in [-0.05, 0) is 44.0 Å². The molecule has 0 saturated carbocycles. The third-order valence-corrected chi connectivity index (χ3v) is 5.27. The van der Waals surface area contributed by atoms with E-state index >= 15 is 0 Å². The lowest BCUT2D eigenvalue weighted by atomic mass is 10.1. The Morgan fingerprint density at radius 2 is 2.13 bits per heavy atom. The zero-order valence-corrected chi connectivity index (χ0v) is 14.1. The number of nitrogens with one attached hydrogen (secondary N) is 1. The third-order valence-electron chi connectivity index (χ3n) is 5.27. The smallest absolute Gasteiger partial charge is 0.228 e. The molecule has 23 heavy (non-hydrogen) atoms. The van der Waals surface area contributed by atoms with Crippen LogP contribution in [0.25, 0.3) is 0 Å². The van der Waals surface area contributed by atoms with Crippen molar-refractivity contribution in [3.63, 3.8) is 0 Å². The lowest BCUT2D eigenvalue weighted by Gasteiger charge is -2.27. The Kier molecular flexibility index (Phi) is 4.39. The van der Waals surface area contributed by atoms with E-state index in [9.17, 15) is 9.59 Å². The molecule has 2 saturated heterocycles. The summed E-state index contributed by atoms with van der Waals surface area (Å²) in [6, 6.07) is 6.24. The Hall–Kier alpha value is -1.88. The summed E-state index contributed by atoms with van der Waals surface area (Å²) in [6.45, 7) is 6.38. The molecule has 0 spiro atoms. The van der Waals surface area contributed by atoms with Crippen LogP contribution in [0, 0.1) is 19.8 Å². The van der Waals surface area contributed by atoms with Crippen molar-refractivity contribution < 1.29 is 9.59 Å². The second kappa shape index (κ2) is 6.32. The molecule has 0 aliphatic carbocycles. The van der Waals surface area contributed by atoms with Crippen molar-refractivity contribution in [3.05, 3.63) is 29.3 Å². The van der Waals surface area contributed by atoms with Gasteiger partial charge in [0, 0.05) is 38.3 Å². The maximum atomic E-state index is 12.7. The number of likely N-dealkylation sites (N-methyl/N-ethyl adjacent to an activating group) is 1. The highest BCUT2D eigenvalue weighted by Gasteiger charge is 2.38. The average Bonchev–Trinajstić information content (AvgIpc) is 3.18. The van der Waals surface area contributed by atoms with Crippen molar-refractivity contribution in [2.75, 3.05) is 31.6 Å². The molecular formula is C18H25N3O2. The Balaban J connectivity index is 1.74. The van der Waals surface area contributed by atoms with Gasteiger partial charge < -0.3 is 15.1 Å². The molecule has 2 unspecified atom stereocenters. The van der Waals surface area contributed by atoms with E-state index in [1.54, 1.807) is 4.90 Å². The molecule has 2 heterocycles. The maximum absolute atomic E-state index is 12.7. The van der Waals surface area contributed by atoms with E-state index in [1.165, 1.54) is 5.56 Å². The summed E-state index contributed by atoms with van der Waals surface area (Å²) in [5, 5.41) is 3.28. The number of anilines is 1. The second-order valence-corrected chi connectivity index (χ2v) is 6.72. The predicted octanol–water partition coefficient (Wildman–Crippen LogP) is 1.48. The maximum Gasteiger partial charge on any atom is 0.228 e. The molecule has 2 fully saturated rings. The first-order valence-electron chi connectivity index (χ1n) is 8.33. The molecule has 2 amide bonds. The Morgan fingerprint density at radius 3 is 2.83 bits per heavy atom. The predicted molar refractivity (Wildman–Crippen MR) is 90.4 cm³/mol. The fourth-order valence-corrected chi connectivity index (χ4v) is 3.57. The molecule has 124 valence electrons. The van der Waals surface area contributed by atoms with Crippen LogP contribution in [0.2, 0.25) is 0 Å². The van der Waals surface area contributed by atoms with Crippen LogP contribution < -0.4 is 10.2 Å². The third kappa shape index (κ3) is 2.98. The molecule has 5 heteroatoms. The van der Waals surface area contributed by atoms with Crippen LogP contribution >= 0.6 is 0 Å². The first-order chi connectivity index (χ1) is 11.0. The Morgan fingerprint density at radius 1 is 1.35 bits per heavy atom. The van der Waals surface area contributed by atoms with Gasteiger partial charge in [-0.15, -0.1) is 0 Å². The first-order valence-corrected chi connectivity index (χ1v) is 8.33. The number of hydrogen-bond donors (Lipinski definition) is 1. The number of carbonyl (C=O) groups excluding carboxylic acids is 2. The summed E-state index contributed by atoms with van der Waals surface area (Å²) < 4.78 is 0. The van der Waals surface area contributed by atoms with E-state index in [0.717, 1.165) is 30.8 Å². The molecule has 2 aliphatic rings. The van der Waals surface area contributed by atoms with Crippen molar-refractivity contribution >= 4 is 17.5 Å². The van der Waals surface area contributed by atoms with Gasteiger partial charge in [0.15, 0.2) is 0 Å². The molecule has 5 nitrogen and oxygen atoms in total. The summed E-state index contributed by atoms with van der Waals surface area (Å²) in [6.07, 6.45) is 1.31. The normalized spacial score (nSPS) is 24.3. The number of benzene rings is 1. The fraction of sp³-hybridized carbons (Fsp3) is 0.556. The molecule has 0 aromatic heterocycles. The fourth-order valence-electron chi connectivity index (χ4n) is 3.57. The highest BCUT2D eigenvalue weighted by Crippen LogP contribution is 2.30. The van der Waals surface area contributed by atoms with E-state index in [0.29, 0.717) is 13.0 Å². The van der Waals surface area contributed by atoms with Crippen molar-refractivity contribution in [2.24, 2.45) is 5.92 Å². The van der Waals surface area contributed by atoms with Gasteiger partial charge in [-0.2, -0.15) is 0 Å². The van der Waals surface area contributed by atoms with Crippen molar-refractivity contribution in [1.82, 2.24) is 10.2 Å². The second-order valence-electron chi connectivity index (χ2n) is 6.72. The van der Waals surface area contributed by atoms with Gasteiger partial charge in [0.1, 0.15) is 0 Å². The minimum absolute atomic E-state index is 0.0509. The zero-order chi connectivity index (χ0) is 16.6. The zero-order valence-electron chi connectivity index (χ0n) is 14.1. The molecule has 1 aromatic rings. The molecule has 2 aliphatic heterocycles. The van der Waals surface area contributed by atoms with Gasteiger partial charge in [0.05, 0.1) is 5.92 Å². The average molecular weight is 315 g/mol. The van der Waals surface area contributed by atoms with Crippen molar-refractivity contribution in [2.45, 2.75) is 32.7 Å². The van der Waals surface area contributed by atoms with Crippen molar-refractivity contribution in [3.8, 4) is 0 Å². The molecule has 2 atom stereocenters. The summed E-state index contributed by atoms with van der Waals surface area (Å²) >= 11 is 0. The number of rotatable bonds is 3. The molecular weight excluding hydrogens is 290 g/mol. The topological polar surface area (TPSA) is 52.7 Å². The number of aryl methyl sites for hydroxylation is 1. The van der Waals surface area contributed by atoms with E-state index < -0.39 is 0 Å². The highest BCUT2D eigenvalue weighted by molar-refractivity contribution is 6.00. The number of hydrogen-bond acceptors (Lipinski definition) is 3. The van der Waals surface area contributed by atoms with Crippen LogP contribution in [-0.2, 0) is 9.59 Å². The summed E-state index contributed by atoms with van der Waals surface area (Å²) in [4.78, 5) is 28.8. The van der Waals surface area contributed by atoms with Gasteiger partial charge in [-0.3, -0.25) is 9.59 Å². The van der Waals surface area contributed by atoms with Gasteiger partial charge in [-0.1, -0.05) is 12.1 Å². The SMILES string of the molecule is Cc1cccc(N2CC(C(=O)N(C)C3CCNC3)CC2=O)c1C. The summed E-state index contributed by atoms with van der Waals surface area (Å²) in [7, 11) is 1.87. The molecule has 1 N–H and O–H groups in total. The molecule has 1 aromatic carbocycles. The minimum atomic E-state index is -0.229. The van der Waals surface area contributed by atoms with E-state index in [1.807, 2.05) is 44.0 Å². The van der Waals surface area contributed by atoms with Gasteiger partial charge in [-0.25, -0.2) is 0 Å². The lowest BCUT2D eigenvalue weighted by Crippen LogP contribution is -2.42. The molecule has 3 rings (SSSR count). The van der Waals surface area contributed by atoms with Crippen LogP contribution in [0.15, 0.2) is 18.2 Å². The van der Waals surface area contributed by atoms with Gasteiger partial charge in [0.25, 0.3) is 0 Å². The number of amides is 2. The minimum Gasteiger partial charge on any atom is -0.341 e. The Labute approximate surface area is 137 Å².